The van der Waals surface area contributed by atoms with Crippen LogP contribution in [0.2, 0.25) is 0 Å². The summed E-state index contributed by atoms with van der Waals surface area (Å²) in [7, 11) is 0. The van der Waals surface area contributed by atoms with Crippen LogP contribution in [-0.2, 0) is 4.79 Å². The van der Waals surface area contributed by atoms with E-state index in [0.717, 1.165) is 38.5 Å². The molecule has 0 aromatic carbocycles. The summed E-state index contributed by atoms with van der Waals surface area (Å²) in [4.78, 5) is 10.4. The first-order valence-electron chi connectivity index (χ1n) is 11.4. The molecule has 0 saturated heterocycles. The fourth-order valence-electron chi connectivity index (χ4n) is 3.11. The largest absolute Gasteiger partial charge is 0.481 e. The standard InChI is InChI=1S/C25H42O2/c1-2-3-4-5-6-7-8-9-10-11-12-13-14-15-16-17-18-19-20-21-22-23-24-25(26)27/h2-14,19-24H2,1H3,(H,26,27). The Morgan fingerprint density at radius 2 is 0.963 bits per heavy atom. The minimum absolute atomic E-state index is 0.288. The van der Waals surface area contributed by atoms with Gasteiger partial charge in [-0.25, -0.2) is 0 Å². The molecule has 0 radical (unpaired) electrons. The van der Waals surface area contributed by atoms with Gasteiger partial charge in [-0.15, -0.1) is 0 Å². The molecule has 0 aliphatic rings. The first kappa shape index (κ1) is 25.6. The number of hydrogen-bond acceptors (Lipinski definition) is 1. The summed E-state index contributed by atoms with van der Waals surface area (Å²) in [5, 5.41) is 8.54. The molecule has 0 amide bonds. The van der Waals surface area contributed by atoms with Gasteiger partial charge < -0.3 is 5.11 Å². The number of aliphatic carboxylic acids is 1. The highest BCUT2D eigenvalue weighted by atomic mass is 16.4. The van der Waals surface area contributed by atoms with E-state index < -0.39 is 5.97 Å². The van der Waals surface area contributed by atoms with Gasteiger partial charge in [-0.1, -0.05) is 102 Å². The first-order chi connectivity index (χ1) is 13.3. The van der Waals surface area contributed by atoms with Crippen LogP contribution >= 0.6 is 0 Å². The van der Waals surface area contributed by atoms with E-state index in [2.05, 4.69) is 30.6 Å². The molecule has 2 nitrogen and oxygen atoms in total. The molecule has 0 aromatic heterocycles. The first-order valence-corrected chi connectivity index (χ1v) is 11.4. The summed E-state index contributed by atoms with van der Waals surface area (Å²) in [6.07, 6.45) is 22.5. The van der Waals surface area contributed by atoms with E-state index in [1.54, 1.807) is 0 Å². The highest BCUT2D eigenvalue weighted by molar-refractivity contribution is 5.66. The van der Waals surface area contributed by atoms with Crippen molar-refractivity contribution in [3.8, 4) is 23.7 Å². The molecule has 0 fully saturated rings. The van der Waals surface area contributed by atoms with Gasteiger partial charge in [0.1, 0.15) is 0 Å². The highest BCUT2D eigenvalue weighted by Gasteiger charge is 1.95. The van der Waals surface area contributed by atoms with Gasteiger partial charge in [-0.05, 0) is 31.1 Å². The molecule has 154 valence electrons. The Balaban J connectivity index is 3.23. The Bertz CT molecular complexity index is 444. The molecule has 0 aliphatic carbocycles. The van der Waals surface area contributed by atoms with Gasteiger partial charge in [-0.3, -0.25) is 4.79 Å². The zero-order valence-corrected chi connectivity index (χ0v) is 17.8. The molecule has 0 aliphatic heterocycles. The van der Waals surface area contributed by atoms with E-state index in [4.69, 9.17) is 5.11 Å². The van der Waals surface area contributed by atoms with Gasteiger partial charge in [-0.2, -0.15) is 0 Å². The molecule has 2 heteroatoms. The molecule has 0 heterocycles. The third-order valence-electron chi connectivity index (χ3n) is 4.84. The summed E-state index contributed by atoms with van der Waals surface area (Å²) < 4.78 is 0. The van der Waals surface area contributed by atoms with Crippen molar-refractivity contribution in [2.24, 2.45) is 0 Å². The number of carboxylic acid groups (broad SMARTS) is 1. The Kier molecular flexibility index (Phi) is 21.4. The van der Waals surface area contributed by atoms with Crippen molar-refractivity contribution in [3.05, 3.63) is 0 Å². The normalized spacial score (nSPS) is 9.96. The van der Waals surface area contributed by atoms with Gasteiger partial charge in [0.05, 0.1) is 0 Å². The molecule has 0 rings (SSSR count). The third-order valence-corrected chi connectivity index (χ3v) is 4.84. The molecule has 0 atom stereocenters. The number of unbranched alkanes of at least 4 members (excludes halogenated alkanes) is 16. The fourth-order valence-corrected chi connectivity index (χ4v) is 3.11. The van der Waals surface area contributed by atoms with Gasteiger partial charge in [0.15, 0.2) is 0 Å². The highest BCUT2D eigenvalue weighted by Crippen LogP contribution is 2.12. The molecule has 0 unspecified atom stereocenters. The Morgan fingerprint density at radius 1 is 0.593 bits per heavy atom. The van der Waals surface area contributed by atoms with Crippen LogP contribution in [0.4, 0.5) is 0 Å². The predicted octanol–water partition coefficient (Wildman–Crippen LogP) is 7.51. The van der Waals surface area contributed by atoms with Crippen molar-refractivity contribution < 1.29 is 9.90 Å². The van der Waals surface area contributed by atoms with Crippen LogP contribution in [0.3, 0.4) is 0 Å². The van der Waals surface area contributed by atoms with Crippen molar-refractivity contribution in [1.82, 2.24) is 0 Å². The van der Waals surface area contributed by atoms with Crippen molar-refractivity contribution in [2.75, 3.05) is 0 Å². The summed E-state index contributed by atoms with van der Waals surface area (Å²) in [5.74, 6) is 11.4. The molecule has 0 spiro atoms. The smallest absolute Gasteiger partial charge is 0.303 e. The maximum atomic E-state index is 10.4. The van der Waals surface area contributed by atoms with Crippen molar-refractivity contribution in [3.63, 3.8) is 0 Å². The van der Waals surface area contributed by atoms with Crippen LogP contribution < -0.4 is 0 Å². The predicted molar refractivity (Wildman–Crippen MR) is 117 cm³/mol. The lowest BCUT2D eigenvalue weighted by atomic mass is 10.0. The van der Waals surface area contributed by atoms with Crippen LogP contribution in [0.5, 0.6) is 0 Å². The summed E-state index contributed by atoms with van der Waals surface area (Å²) in [6, 6.07) is 0. The summed E-state index contributed by atoms with van der Waals surface area (Å²) in [6.45, 7) is 2.27. The second-order valence-electron chi connectivity index (χ2n) is 7.55. The van der Waals surface area contributed by atoms with Crippen LogP contribution in [0, 0.1) is 23.7 Å². The summed E-state index contributed by atoms with van der Waals surface area (Å²) >= 11 is 0. The second-order valence-corrected chi connectivity index (χ2v) is 7.55. The third kappa shape index (κ3) is 24.6. The minimum atomic E-state index is -0.696. The Morgan fingerprint density at radius 3 is 1.37 bits per heavy atom. The lowest BCUT2D eigenvalue weighted by molar-refractivity contribution is -0.137. The molecule has 0 bridgehead atoms. The van der Waals surface area contributed by atoms with Crippen molar-refractivity contribution in [2.45, 2.75) is 129 Å². The molecule has 0 aromatic rings. The van der Waals surface area contributed by atoms with E-state index in [0.29, 0.717) is 0 Å². The average Bonchev–Trinajstić information content (AvgIpc) is 2.65. The SMILES string of the molecule is CCCCCCCCCCCCCCC#CC#CCCCCCCC(=O)O. The maximum absolute atomic E-state index is 10.4. The van der Waals surface area contributed by atoms with Crippen LogP contribution in [0.15, 0.2) is 0 Å². The van der Waals surface area contributed by atoms with Gasteiger partial charge >= 0.3 is 5.97 Å². The average molecular weight is 375 g/mol. The lowest BCUT2D eigenvalue weighted by Gasteiger charge is -2.01. The van der Waals surface area contributed by atoms with E-state index >= 15 is 0 Å². The number of hydrogen-bond donors (Lipinski definition) is 1. The van der Waals surface area contributed by atoms with Gasteiger partial charge in [0, 0.05) is 19.3 Å². The zero-order valence-electron chi connectivity index (χ0n) is 17.8. The van der Waals surface area contributed by atoms with Crippen LogP contribution in [0.25, 0.3) is 0 Å². The fraction of sp³-hybridized carbons (Fsp3) is 0.800. The monoisotopic (exact) mass is 374 g/mol. The molecule has 0 saturated carbocycles. The summed E-state index contributed by atoms with van der Waals surface area (Å²) in [5.41, 5.74) is 0. The zero-order chi connectivity index (χ0) is 19.8. The van der Waals surface area contributed by atoms with Crippen molar-refractivity contribution >= 4 is 5.97 Å². The Labute approximate surface area is 168 Å². The van der Waals surface area contributed by atoms with E-state index in [-0.39, 0.29) is 6.42 Å². The quantitative estimate of drug-likeness (QED) is 0.199. The second kappa shape index (κ2) is 22.6. The minimum Gasteiger partial charge on any atom is -0.481 e. The topological polar surface area (TPSA) is 37.3 Å². The number of carboxylic acids is 1. The van der Waals surface area contributed by atoms with Gasteiger partial charge in [0.25, 0.3) is 0 Å². The Hall–Kier alpha value is -1.41. The van der Waals surface area contributed by atoms with Crippen LogP contribution in [-0.4, -0.2) is 11.1 Å². The maximum Gasteiger partial charge on any atom is 0.303 e. The van der Waals surface area contributed by atoms with Crippen molar-refractivity contribution in [1.29, 1.82) is 0 Å². The van der Waals surface area contributed by atoms with Gasteiger partial charge in [0.2, 0.25) is 0 Å². The molecule has 1 N–H and O–H groups in total. The number of rotatable bonds is 18. The van der Waals surface area contributed by atoms with E-state index in [1.807, 2.05) is 0 Å². The van der Waals surface area contributed by atoms with Crippen LogP contribution in [0.1, 0.15) is 129 Å². The number of carbonyl (C=O) groups is 1. The van der Waals surface area contributed by atoms with E-state index in [1.165, 1.54) is 77.0 Å². The molecule has 27 heavy (non-hydrogen) atoms. The lowest BCUT2D eigenvalue weighted by Crippen LogP contribution is -1.93. The van der Waals surface area contributed by atoms with E-state index in [9.17, 15) is 4.79 Å². The molecular formula is C25H42O2. The molecular weight excluding hydrogens is 332 g/mol.